The van der Waals surface area contributed by atoms with Crippen molar-refractivity contribution in [1.29, 1.82) is 0 Å². The Hall–Kier alpha value is -1.70. The van der Waals surface area contributed by atoms with Crippen molar-refractivity contribution in [2.45, 2.75) is 36.4 Å². The van der Waals surface area contributed by atoms with Gasteiger partial charge < -0.3 is 15.7 Å². The molecule has 2 aliphatic heterocycles. The van der Waals surface area contributed by atoms with E-state index < -0.39 is 26.9 Å². The minimum atomic E-state index is -3.84. The number of rotatable bonds is 5. The molecular formula is C18H19Cl2N5O4S3. The molecule has 2 unspecified atom stereocenters. The number of hydrogen-bond acceptors (Lipinski definition) is 7. The van der Waals surface area contributed by atoms with Crippen LogP contribution in [-0.2, 0) is 21.2 Å². The van der Waals surface area contributed by atoms with Crippen molar-refractivity contribution in [2.75, 3.05) is 17.2 Å². The molecular weight excluding hydrogens is 517 g/mol. The Bertz CT molecular complexity index is 1250. The van der Waals surface area contributed by atoms with Gasteiger partial charge in [0.1, 0.15) is 0 Å². The van der Waals surface area contributed by atoms with Gasteiger partial charge in [-0.25, -0.2) is 12.6 Å². The maximum Gasteiger partial charge on any atom is 0.269 e. The minimum Gasteiger partial charge on any atom is -0.504 e. The Morgan fingerprint density at radius 1 is 1.25 bits per heavy atom. The molecule has 1 saturated heterocycles. The van der Waals surface area contributed by atoms with Gasteiger partial charge in [-0.2, -0.15) is 4.31 Å². The number of anilines is 2. The van der Waals surface area contributed by atoms with E-state index in [0.717, 1.165) is 24.2 Å². The first-order chi connectivity index (χ1) is 15.2. The molecule has 1 fully saturated rings. The van der Waals surface area contributed by atoms with E-state index in [9.17, 15) is 17.7 Å². The largest absolute Gasteiger partial charge is 0.504 e. The Kier molecular flexibility index (Phi) is 6.80. The number of benzene rings is 1. The number of nitrogens with one attached hydrogen (secondary N) is 2. The standard InChI is InChI=1S/C18H19Cl2N5O4S3/c1-2-10-5-4-8-25(10)32(28,29)18-15(26)13(9-30-18)22-17-16(23-31(27)24-17)21-12-7-3-6-11(19)14(12)20/h3,6-7,9-10,26H,2,4-5,8H2,1H3,(H,21,23)(H,22,24). The van der Waals surface area contributed by atoms with Gasteiger partial charge in [-0.3, -0.25) is 0 Å². The zero-order valence-electron chi connectivity index (χ0n) is 16.7. The van der Waals surface area contributed by atoms with Crippen LogP contribution < -0.4 is 10.6 Å². The van der Waals surface area contributed by atoms with Crippen LogP contribution in [0.4, 0.5) is 11.4 Å². The zero-order valence-corrected chi connectivity index (χ0v) is 20.7. The molecule has 14 heteroatoms. The fourth-order valence-corrected chi connectivity index (χ4v) is 7.61. The summed E-state index contributed by atoms with van der Waals surface area (Å²) in [6.45, 7) is 2.37. The van der Waals surface area contributed by atoms with Crippen molar-refractivity contribution in [1.82, 2.24) is 4.31 Å². The molecule has 0 bridgehead atoms. The van der Waals surface area contributed by atoms with Crippen molar-refractivity contribution in [3.05, 3.63) is 33.6 Å². The van der Waals surface area contributed by atoms with Crippen LogP contribution in [0.15, 0.2) is 36.6 Å². The summed E-state index contributed by atoms with van der Waals surface area (Å²) in [6.07, 6.45) is 2.29. The van der Waals surface area contributed by atoms with Gasteiger partial charge in [0.15, 0.2) is 21.6 Å². The SMILES string of the molecule is CCC1CCCN1S(=O)(=O)c1scc(NC2=NS(=O)N=C2Nc2cccc(Cl)c2Cl)c1O. The van der Waals surface area contributed by atoms with E-state index in [4.69, 9.17) is 23.2 Å². The Labute approximate surface area is 201 Å². The third kappa shape index (κ3) is 4.39. The van der Waals surface area contributed by atoms with E-state index in [1.165, 1.54) is 9.69 Å². The second-order valence-electron chi connectivity index (χ2n) is 7.07. The highest BCUT2D eigenvalue weighted by Crippen LogP contribution is 2.41. The van der Waals surface area contributed by atoms with Crippen molar-refractivity contribution in [2.24, 2.45) is 8.80 Å². The van der Waals surface area contributed by atoms with Crippen molar-refractivity contribution < 1.29 is 17.7 Å². The molecule has 9 nitrogen and oxygen atoms in total. The summed E-state index contributed by atoms with van der Waals surface area (Å²) in [7, 11) is -3.84. The van der Waals surface area contributed by atoms with Gasteiger partial charge in [-0.15, -0.1) is 20.1 Å². The Morgan fingerprint density at radius 3 is 2.62 bits per heavy atom. The maximum atomic E-state index is 13.1. The summed E-state index contributed by atoms with van der Waals surface area (Å²) in [5.74, 6) is -0.255. The summed E-state index contributed by atoms with van der Waals surface area (Å²) in [5, 5.41) is 18.4. The Morgan fingerprint density at radius 2 is 1.94 bits per heavy atom. The molecule has 32 heavy (non-hydrogen) atoms. The molecule has 0 spiro atoms. The van der Waals surface area contributed by atoms with Crippen LogP contribution in [0.5, 0.6) is 5.75 Å². The molecule has 172 valence electrons. The first-order valence-electron chi connectivity index (χ1n) is 9.62. The molecule has 2 aromatic rings. The fraction of sp³-hybridized carbons (Fsp3) is 0.333. The number of hydrogen-bond donors (Lipinski definition) is 3. The molecule has 4 rings (SSSR count). The molecule has 2 aliphatic rings. The van der Waals surface area contributed by atoms with Crippen LogP contribution in [0.1, 0.15) is 26.2 Å². The highest BCUT2D eigenvalue weighted by atomic mass is 35.5. The van der Waals surface area contributed by atoms with Crippen LogP contribution in [0.25, 0.3) is 0 Å². The molecule has 3 heterocycles. The lowest BCUT2D eigenvalue weighted by molar-refractivity contribution is 0.377. The van der Waals surface area contributed by atoms with Crippen LogP contribution in [0.2, 0.25) is 10.0 Å². The van der Waals surface area contributed by atoms with Gasteiger partial charge >= 0.3 is 0 Å². The van der Waals surface area contributed by atoms with Gasteiger partial charge in [-0.1, -0.05) is 36.2 Å². The molecule has 1 aromatic carbocycles. The van der Waals surface area contributed by atoms with Crippen molar-refractivity contribution in [3.63, 3.8) is 0 Å². The van der Waals surface area contributed by atoms with Crippen LogP contribution in [0.3, 0.4) is 0 Å². The lowest BCUT2D eigenvalue weighted by Crippen LogP contribution is -2.34. The normalized spacial score (nSPS) is 21.5. The van der Waals surface area contributed by atoms with E-state index in [1.54, 1.807) is 18.2 Å². The van der Waals surface area contributed by atoms with E-state index >= 15 is 0 Å². The summed E-state index contributed by atoms with van der Waals surface area (Å²) in [5.41, 5.74) is 0.536. The summed E-state index contributed by atoms with van der Waals surface area (Å²) >= 11 is 11.2. The average Bonchev–Trinajstić information content (AvgIpc) is 3.46. The average molecular weight is 536 g/mol. The van der Waals surface area contributed by atoms with Gasteiger partial charge in [-0.05, 0) is 31.4 Å². The summed E-state index contributed by atoms with van der Waals surface area (Å²) < 4.78 is 47.2. The molecule has 1 aromatic heterocycles. The first kappa shape index (κ1) is 23.5. The number of amidine groups is 2. The van der Waals surface area contributed by atoms with Gasteiger partial charge in [0.05, 0.1) is 21.4 Å². The Balaban J connectivity index is 1.58. The minimum absolute atomic E-state index is 0.0593. The van der Waals surface area contributed by atoms with Crippen molar-refractivity contribution >= 4 is 78.8 Å². The monoisotopic (exact) mass is 535 g/mol. The third-order valence-electron chi connectivity index (χ3n) is 5.09. The van der Waals surface area contributed by atoms with Gasteiger partial charge in [0.2, 0.25) is 0 Å². The lowest BCUT2D eigenvalue weighted by Gasteiger charge is -2.22. The molecule has 0 saturated carbocycles. The highest BCUT2D eigenvalue weighted by molar-refractivity contribution is 7.91. The third-order valence-corrected chi connectivity index (χ3v) is 10.0. The molecule has 2 atom stereocenters. The van der Waals surface area contributed by atoms with Crippen LogP contribution in [0, 0.1) is 0 Å². The first-order valence-corrected chi connectivity index (χ1v) is 13.8. The predicted molar refractivity (Wildman–Crippen MR) is 130 cm³/mol. The van der Waals surface area contributed by atoms with E-state index in [1.807, 2.05) is 6.92 Å². The zero-order chi connectivity index (χ0) is 23.0. The number of thiophene rings is 1. The van der Waals surface area contributed by atoms with Gasteiger partial charge in [0, 0.05) is 18.0 Å². The second kappa shape index (κ2) is 9.27. The van der Waals surface area contributed by atoms with Crippen LogP contribution >= 0.6 is 34.5 Å². The molecule has 3 N–H and O–H groups in total. The van der Waals surface area contributed by atoms with Crippen LogP contribution in [-0.4, -0.2) is 46.3 Å². The number of aromatic hydroxyl groups is 1. The quantitative estimate of drug-likeness (QED) is 0.526. The smallest absolute Gasteiger partial charge is 0.269 e. The molecule has 0 amide bonds. The predicted octanol–water partition coefficient (Wildman–Crippen LogP) is 4.24. The summed E-state index contributed by atoms with van der Waals surface area (Å²) in [4.78, 5) is 0. The van der Waals surface area contributed by atoms with Gasteiger partial charge in [0.25, 0.3) is 21.2 Å². The van der Waals surface area contributed by atoms with E-state index in [-0.39, 0.29) is 32.6 Å². The number of halogens is 2. The highest BCUT2D eigenvalue weighted by Gasteiger charge is 2.37. The lowest BCUT2D eigenvalue weighted by atomic mass is 10.2. The molecule has 0 radical (unpaired) electrons. The number of sulfonamides is 1. The summed E-state index contributed by atoms with van der Waals surface area (Å²) in [6, 6.07) is 4.87. The molecule has 0 aliphatic carbocycles. The second-order valence-corrected chi connectivity index (χ2v) is 11.6. The van der Waals surface area contributed by atoms with Crippen molar-refractivity contribution in [3.8, 4) is 5.75 Å². The fourth-order valence-electron chi connectivity index (χ4n) is 3.53. The maximum absolute atomic E-state index is 13.1. The van der Waals surface area contributed by atoms with E-state index in [2.05, 4.69) is 19.4 Å². The van der Waals surface area contributed by atoms with E-state index in [0.29, 0.717) is 23.7 Å². The topological polar surface area (TPSA) is 123 Å². The number of nitrogens with zero attached hydrogens (tertiary/aromatic N) is 3.